The molecule has 1 aromatic rings. The number of ether oxygens (including phenoxy) is 1. The molecule has 0 heterocycles. The highest BCUT2D eigenvalue weighted by atomic mass is 16.5. The van der Waals surface area contributed by atoms with E-state index in [1.165, 1.54) is 0 Å². The standard InChI is InChI=1S/C17H23NO4/c1-11-6-7-14(15(8-11)22-2)10-18-16(19)12-4-3-5-13(9-12)17(20)21/h6-8,12-13H,3-5,9-10H2,1-2H3,(H,18,19)(H,20,21). The lowest BCUT2D eigenvalue weighted by molar-refractivity contribution is -0.144. The van der Waals surface area contributed by atoms with Crippen molar-refractivity contribution in [1.29, 1.82) is 0 Å². The molecule has 0 saturated heterocycles. The zero-order valence-corrected chi connectivity index (χ0v) is 13.1. The van der Waals surface area contributed by atoms with Gasteiger partial charge in [0.15, 0.2) is 0 Å². The van der Waals surface area contributed by atoms with Crippen LogP contribution < -0.4 is 10.1 Å². The van der Waals surface area contributed by atoms with Crippen LogP contribution in [0.5, 0.6) is 5.75 Å². The summed E-state index contributed by atoms with van der Waals surface area (Å²) in [6, 6.07) is 5.85. The number of hydrogen-bond donors (Lipinski definition) is 2. The van der Waals surface area contributed by atoms with Gasteiger partial charge in [0.1, 0.15) is 5.75 Å². The van der Waals surface area contributed by atoms with Crippen LogP contribution in [0, 0.1) is 18.8 Å². The molecule has 0 radical (unpaired) electrons. The molecule has 1 fully saturated rings. The van der Waals surface area contributed by atoms with Crippen LogP contribution in [0.1, 0.15) is 36.8 Å². The lowest BCUT2D eigenvalue weighted by Crippen LogP contribution is -2.35. The van der Waals surface area contributed by atoms with Crippen LogP contribution in [-0.4, -0.2) is 24.1 Å². The highest BCUT2D eigenvalue weighted by Gasteiger charge is 2.30. The molecule has 5 nitrogen and oxygen atoms in total. The summed E-state index contributed by atoms with van der Waals surface area (Å²) in [5.41, 5.74) is 2.02. The van der Waals surface area contributed by atoms with Gasteiger partial charge in [-0.1, -0.05) is 18.6 Å². The Hall–Kier alpha value is -2.04. The highest BCUT2D eigenvalue weighted by molar-refractivity contribution is 5.80. The van der Waals surface area contributed by atoms with Crippen molar-refractivity contribution < 1.29 is 19.4 Å². The number of rotatable bonds is 5. The van der Waals surface area contributed by atoms with E-state index in [0.29, 0.717) is 19.4 Å². The third kappa shape index (κ3) is 4.00. The molecule has 0 aromatic heterocycles. The number of nitrogens with one attached hydrogen (secondary N) is 1. The molecule has 2 rings (SSSR count). The number of carboxylic acids is 1. The summed E-state index contributed by atoms with van der Waals surface area (Å²) in [5.74, 6) is -0.691. The Balaban J connectivity index is 1.94. The third-order valence-corrected chi connectivity index (χ3v) is 4.29. The van der Waals surface area contributed by atoms with Crippen molar-refractivity contribution in [2.45, 2.75) is 39.2 Å². The Morgan fingerprint density at radius 1 is 1.32 bits per heavy atom. The minimum Gasteiger partial charge on any atom is -0.496 e. The van der Waals surface area contributed by atoms with Crippen LogP contribution in [-0.2, 0) is 16.1 Å². The van der Waals surface area contributed by atoms with Crippen molar-refractivity contribution in [3.63, 3.8) is 0 Å². The molecule has 2 N–H and O–H groups in total. The van der Waals surface area contributed by atoms with Crippen LogP contribution in [0.3, 0.4) is 0 Å². The zero-order chi connectivity index (χ0) is 16.1. The second-order valence-electron chi connectivity index (χ2n) is 5.93. The molecule has 5 heteroatoms. The van der Waals surface area contributed by atoms with E-state index in [1.54, 1.807) is 7.11 Å². The summed E-state index contributed by atoms with van der Waals surface area (Å²) in [7, 11) is 1.61. The van der Waals surface area contributed by atoms with Crippen molar-refractivity contribution in [3.8, 4) is 5.75 Å². The van der Waals surface area contributed by atoms with E-state index >= 15 is 0 Å². The van der Waals surface area contributed by atoms with E-state index < -0.39 is 11.9 Å². The molecule has 0 bridgehead atoms. The second kappa shape index (κ2) is 7.29. The van der Waals surface area contributed by atoms with Gasteiger partial charge in [0.25, 0.3) is 0 Å². The van der Waals surface area contributed by atoms with Crippen LogP contribution >= 0.6 is 0 Å². The second-order valence-corrected chi connectivity index (χ2v) is 5.93. The quantitative estimate of drug-likeness (QED) is 0.876. The number of carboxylic acid groups (broad SMARTS) is 1. The molecule has 1 aliphatic carbocycles. The number of carbonyl (C=O) groups is 2. The monoisotopic (exact) mass is 305 g/mol. The van der Waals surface area contributed by atoms with E-state index in [0.717, 1.165) is 29.7 Å². The van der Waals surface area contributed by atoms with Gasteiger partial charge in [-0.05, 0) is 37.8 Å². The highest BCUT2D eigenvalue weighted by Crippen LogP contribution is 2.29. The van der Waals surface area contributed by atoms with Gasteiger partial charge in [-0.15, -0.1) is 0 Å². The minimum absolute atomic E-state index is 0.0615. The SMILES string of the molecule is COc1cc(C)ccc1CNC(=O)C1CCCC(C(=O)O)C1. The van der Waals surface area contributed by atoms with Crippen molar-refractivity contribution in [3.05, 3.63) is 29.3 Å². The van der Waals surface area contributed by atoms with Gasteiger partial charge in [0.05, 0.1) is 13.0 Å². The maximum Gasteiger partial charge on any atom is 0.306 e. The first-order chi connectivity index (χ1) is 10.5. The summed E-state index contributed by atoms with van der Waals surface area (Å²) < 4.78 is 5.32. The van der Waals surface area contributed by atoms with Gasteiger partial charge in [-0.25, -0.2) is 0 Å². The molecule has 0 aliphatic heterocycles. The summed E-state index contributed by atoms with van der Waals surface area (Å²) >= 11 is 0. The van der Waals surface area contributed by atoms with E-state index in [2.05, 4.69) is 5.32 Å². The molecule has 1 aromatic carbocycles. The Morgan fingerprint density at radius 3 is 2.73 bits per heavy atom. The Bertz CT molecular complexity index is 556. The fourth-order valence-electron chi connectivity index (χ4n) is 2.98. The van der Waals surface area contributed by atoms with Crippen LogP contribution in [0.15, 0.2) is 18.2 Å². The van der Waals surface area contributed by atoms with E-state index in [-0.39, 0.29) is 11.8 Å². The molecule has 2 unspecified atom stereocenters. The average molecular weight is 305 g/mol. The predicted molar refractivity (Wildman–Crippen MR) is 82.7 cm³/mol. The summed E-state index contributed by atoms with van der Waals surface area (Å²) in [6.45, 7) is 2.38. The first kappa shape index (κ1) is 16.3. The normalized spacial score (nSPS) is 21.2. The third-order valence-electron chi connectivity index (χ3n) is 4.29. The molecule has 0 spiro atoms. The van der Waals surface area contributed by atoms with Gasteiger partial charge >= 0.3 is 5.97 Å². The summed E-state index contributed by atoms with van der Waals surface area (Å²) in [5, 5.41) is 12.0. The van der Waals surface area contributed by atoms with Crippen LogP contribution in [0.4, 0.5) is 0 Å². The summed E-state index contributed by atoms with van der Waals surface area (Å²) in [6.07, 6.45) is 2.67. The molecule has 120 valence electrons. The molecule has 1 aliphatic rings. The smallest absolute Gasteiger partial charge is 0.306 e. The van der Waals surface area contributed by atoms with Gasteiger partial charge in [-0.2, -0.15) is 0 Å². The molecule has 1 saturated carbocycles. The van der Waals surface area contributed by atoms with Gasteiger partial charge in [-0.3, -0.25) is 9.59 Å². The number of carbonyl (C=O) groups excluding carboxylic acids is 1. The molecule has 2 atom stereocenters. The van der Waals surface area contributed by atoms with Crippen LogP contribution in [0.25, 0.3) is 0 Å². The average Bonchev–Trinajstić information content (AvgIpc) is 2.53. The van der Waals surface area contributed by atoms with Gasteiger partial charge < -0.3 is 15.2 Å². The van der Waals surface area contributed by atoms with E-state index in [1.807, 2.05) is 25.1 Å². The fraction of sp³-hybridized carbons (Fsp3) is 0.529. The maximum absolute atomic E-state index is 12.3. The van der Waals surface area contributed by atoms with Crippen LogP contribution in [0.2, 0.25) is 0 Å². The Kier molecular flexibility index (Phi) is 5.41. The Labute approximate surface area is 130 Å². The maximum atomic E-state index is 12.3. The van der Waals surface area contributed by atoms with E-state index in [9.17, 15) is 9.59 Å². The predicted octanol–water partition coefficient (Wildman–Crippen LogP) is 2.51. The number of aryl methyl sites for hydroxylation is 1. The largest absolute Gasteiger partial charge is 0.496 e. The molecule has 22 heavy (non-hydrogen) atoms. The minimum atomic E-state index is -0.794. The first-order valence-electron chi connectivity index (χ1n) is 7.65. The van der Waals surface area contributed by atoms with Gasteiger partial charge in [0.2, 0.25) is 5.91 Å². The lowest BCUT2D eigenvalue weighted by Gasteiger charge is -2.25. The van der Waals surface area contributed by atoms with Crippen molar-refractivity contribution >= 4 is 11.9 Å². The number of benzene rings is 1. The first-order valence-corrected chi connectivity index (χ1v) is 7.65. The zero-order valence-electron chi connectivity index (χ0n) is 13.1. The number of hydrogen-bond acceptors (Lipinski definition) is 3. The lowest BCUT2D eigenvalue weighted by atomic mass is 9.81. The van der Waals surface area contributed by atoms with E-state index in [4.69, 9.17) is 9.84 Å². The van der Waals surface area contributed by atoms with Crippen molar-refractivity contribution in [2.75, 3.05) is 7.11 Å². The molecule has 1 amide bonds. The number of aliphatic carboxylic acids is 1. The van der Waals surface area contributed by atoms with Crippen molar-refractivity contribution in [2.24, 2.45) is 11.8 Å². The molecular formula is C17H23NO4. The number of amides is 1. The Morgan fingerprint density at radius 2 is 2.05 bits per heavy atom. The van der Waals surface area contributed by atoms with Gasteiger partial charge in [0, 0.05) is 18.0 Å². The number of methoxy groups -OCH3 is 1. The topological polar surface area (TPSA) is 75.6 Å². The molecular weight excluding hydrogens is 282 g/mol. The van der Waals surface area contributed by atoms with Crippen molar-refractivity contribution in [1.82, 2.24) is 5.32 Å². The summed E-state index contributed by atoms with van der Waals surface area (Å²) in [4.78, 5) is 23.3. The fourth-order valence-corrected chi connectivity index (χ4v) is 2.98.